The van der Waals surface area contributed by atoms with Crippen LogP contribution in [0, 0.1) is 22.7 Å². The highest BCUT2D eigenvalue weighted by Crippen LogP contribution is 2.25. The molecule has 0 spiro atoms. The predicted octanol–water partition coefficient (Wildman–Crippen LogP) is 4.12. The van der Waals surface area contributed by atoms with E-state index in [9.17, 15) is 10.4 Å². The Labute approximate surface area is 220 Å². The van der Waals surface area contributed by atoms with Crippen LogP contribution in [-0.4, -0.2) is 34.4 Å². The molecule has 4 aromatic rings. The van der Waals surface area contributed by atoms with Crippen molar-refractivity contribution in [2.75, 3.05) is 24.9 Å². The van der Waals surface area contributed by atoms with Crippen LogP contribution in [0.1, 0.15) is 22.3 Å². The zero-order chi connectivity index (χ0) is 27.5. The Kier molecular flexibility index (Phi) is 9.28. The molecule has 4 N–H and O–H groups in total. The molecule has 0 aliphatic heterocycles. The summed E-state index contributed by atoms with van der Waals surface area (Å²) < 4.78 is 10.4. The minimum atomic E-state index is -0.142. The number of anilines is 2. The monoisotopic (exact) mass is 510 g/mol. The Hall–Kier alpha value is -5.48. The van der Waals surface area contributed by atoms with E-state index in [1.807, 2.05) is 59.5 Å². The number of hydrogen-bond donors (Lipinski definition) is 3. The van der Waals surface area contributed by atoms with E-state index < -0.39 is 0 Å². The zero-order valence-electron chi connectivity index (χ0n) is 20.9. The molecular formula is C28H26N6O4. The van der Waals surface area contributed by atoms with E-state index >= 15 is 0 Å². The Morgan fingerprint density at radius 2 is 1.21 bits per heavy atom. The van der Waals surface area contributed by atoms with E-state index in [1.54, 1.807) is 26.4 Å². The van der Waals surface area contributed by atoms with Crippen LogP contribution < -0.4 is 20.1 Å². The van der Waals surface area contributed by atoms with Crippen molar-refractivity contribution >= 4 is 11.6 Å². The number of pyridine rings is 2. The van der Waals surface area contributed by atoms with Gasteiger partial charge in [0, 0.05) is 25.2 Å². The highest BCUT2D eigenvalue weighted by molar-refractivity contribution is 5.52. The molecule has 2 heterocycles. The largest absolute Gasteiger partial charge is 0.505 e. The lowest BCUT2D eigenvalue weighted by molar-refractivity contribution is 0.414. The molecule has 0 saturated heterocycles. The molecule has 192 valence electrons. The van der Waals surface area contributed by atoms with Crippen molar-refractivity contribution in [3.63, 3.8) is 0 Å². The minimum Gasteiger partial charge on any atom is -0.505 e. The second kappa shape index (κ2) is 13.0. The molecule has 0 saturated carbocycles. The summed E-state index contributed by atoms with van der Waals surface area (Å²) in [5, 5.41) is 36.3. The van der Waals surface area contributed by atoms with Crippen LogP contribution in [-0.2, 0) is 13.1 Å². The number of rotatable bonds is 7. The fourth-order valence-electron chi connectivity index (χ4n) is 3.37. The minimum absolute atomic E-state index is 0.125. The van der Waals surface area contributed by atoms with Crippen LogP contribution in [0.2, 0.25) is 0 Å². The van der Waals surface area contributed by atoms with Gasteiger partial charge in [-0.2, -0.15) is 10.5 Å². The number of ether oxygens (including phenoxy) is 2. The smallest absolute Gasteiger partial charge is 0.151 e. The van der Waals surface area contributed by atoms with Crippen molar-refractivity contribution in [1.82, 2.24) is 9.97 Å². The van der Waals surface area contributed by atoms with E-state index in [0.29, 0.717) is 18.9 Å². The number of aromatic nitrogens is 2. The van der Waals surface area contributed by atoms with Gasteiger partial charge in [-0.3, -0.25) is 0 Å². The third-order valence-corrected chi connectivity index (χ3v) is 5.40. The summed E-state index contributed by atoms with van der Waals surface area (Å²) in [5.41, 5.74) is 7.71. The van der Waals surface area contributed by atoms with Gasteiger partial charge >= 0.3 is 0 Å². The maximum absolute atomic E-state index is 9.78. The van der Waals surface area contributed by atoms with Crippen LogP contribution in [0.5, 0.6) is 23.0 Å². The summed E-state index contributed by atoms with van der Waals surface area (Å²) in [7, 11) is 3.27. The summed E-state index contributed by atoms with van der Waals surface area (Å²) in [6.45, 7) is 1.16. The summed E-state index contributed by atoms with van der Waals surface area (Å²) in [6, 6.07) is 22.3. The zero-order valence-corrected chi connectivity index (χ0v) is 20.9. The van der Waals surface area contributed by atoms with Crippen LogP contribution >= 0.6 is 0 Å². The molecule has 0 amide bonds. The molecule has 4 rings (SSSR count). The predicted molar refractivity (Wildman–Crippen MR) is 142 cm³/mol. The standard InChI is InChI=1S/C22H21N3O3.C6H5N3O/c1-27-19-7-3-16(4-8-19)14-25(15-17-5-9-20(28-2)10-6-17)22-11-18(12-23)21(26)13-24-22;7-2-4-1-6(8)9-3-5(4)10/h3-11,13,26H,14-15H2,1-2H3;1,3,10H,(H2,8,9). The van der Waals surface area contributed by atoms with Crippen molar-refractivity contribution in [3.8, 4) is 35.1 Å². The maximum Gasteiger partial charge on any atom is 0.151 e. The number of methoxy groups -OCH3 is 2. The van der Waals surface area contributed by atoms with Crippen molar-refractivity contribution in [1.29, 1.82) is 10.5 Å². The number of nitrogens with zero attached hydrogens (tertiary/aromatic N) is 5. The van der Waals surface area contributed by atoms with Crippen LogP contribution in [0.3, 0.4) is 0 Å². The van der Waals surface area contributed by atoms with E-state index in [-0.39, 0.29) is 28.4 Å². The second-order valence-electron chi connectivity index (χ2n) is 7.96. The van der Waals surface area contributed by atoms with Crippen LogP contribution in [0.25, 0.3) is 0 Å². The molecule has 10 nitrogen and oxygen atoms in total. The summed E-state index contributed by atoms with van der Waals surface area (Å²) in [4.78, 5) is 9.93. The maximum atomic E-state index is 9.78. The van der Waals surface area contributed by atoms with Gasteiger partial charge in [-0.25, -0.2) is 9.97 Å². The van der Waals surface area contributed by atoms with Gasteiger partial charge in [-0.05, 0) is 35.4 Å². The lowest BCUT2D eigenvalue weighted by Crippen LogP contribution is -2.23. The number of hydrogen-bond acceptors (Lipinski definition) is 10. The van der Waals surface area contributed by atoms with E-state index in [4.69, 9.17) is 25.6 Å². The Morgan fingerprint density at radius 3 is 1.63 bits per heavy atom. The molecule has 0 bridgehead atoms. The summed E-state index contributed by atoms with van der Waals surface area (Å²) >= 11 is 0. The lowest BCUT2D eigenvalue weighted by atomic mass is 10.1. The molecule has 0 atom stereocenters. The fourth-order valence-corrected chi connectivity index (χ4v) is 3.37. The van der Waals surface area contributed by atoms with Gasteiger partial charge in [-0.1, -0.05) is 24.3 Å². The SMILES string of the molecule is COc1ccc(CN(Cc2ccc(OC)cc2)c2cc(C#N)c(O)cn2)cc1.N#Cc1cc(N)ncc1O. The Morgan fingerprint density at radius 1 is 0.763 bits per heavy atom. The molecule has 0 fully saturated rings. The first-order valence-corrected chi connectivity index (χ1v) is 11.3. The molecule has 0 aliphatic carbocycles. The molecule has 0 unspecified atom stereocenters. The first-order chi connectivity index (χ1) is 18.4. The van der Waals surface area contributed by atoms with Crippen LogP contribution in [0.4, 0.5) is 11.6 Å². The lowest BCUT2D eigenvalue weighted by Gasteiger charge is -2.24. The molecule has 38 heavy (non-hydrogen) atoms. The van der Waals surface area contributed by atoms with Gasteiger partial charge in [0.05, 0.1) is 37.7 Å². The number of nitriles is 2. The van der Waals surface area contributed by atoms with Crippen molar-refractivity contribution in [3.05, 3.63) is 95.3 Å². The van der Waals surface area contributed by atoms with Gasteiger partial charge in [-0.15, -0.1) is 0 Å². The first kappa shape index (κ1) is 27.1. The van der Waals surface area contributed by atoms with Gasteiger partial charge in [0.2, 0.25) is 0 Å². The van der Waals surface area contributed by atoms with Crippen molar-refractivity contribution in [2.45, 2.75) is 13.1 Å². The quantitative estimate of drug-likeness (QED) is 0.330. The van der Waals surface area contributed by atoms with Crippen molar-refractivity contribution in [2.24, 2.45) is 0 Å². The van der Waals surface area contributed by atoms with E-state index in [1.165, 1.54) is 12.3 Å². The third-order valence-electron chi connectivity index (χ3n) is 5.40. The van der Waals surface area contributed by atoms with Crippen LogP contribution in [0.15, 0.2) is 73.1 Å². The third kappa shape index (κ3) is 7.26. The second-order valence-corrected chi connectivity index (χ2v) is 7.96. The topological polar surface area (TPSA) is 162 Å². The van der Waals surface area contributed by atoms with Gasteiger partial charge < -0.3 is 30.3 Å². The molecule has 2 aromatic carbocycles. The normalized spacial score (nSPS) is 9.79. The first-order valence-electron chi connectivity index (χ1n) is 11.3. The number of nitrogen functional groups attached to an aromatic ring is 1. The fraction of sp³-hybridized carbons (Fsp3) is 0.143. The highest BCUT2D eigenvalue weighted by atomic mass is 16.5. The number of aromatic hydroxyl groups is 2. The number of benzene rings is 2. The van der Waals surface area contributed by atoms with Crippen molar-refractivity contribution < 1.29 is 19.7 Å². The van der Waals surface area contributed by atoms with Gasteiger partial charge in [0.1, 0.15) is 35.3 Å². The van der Waals surface area contributed by atoms with Gasteiger partial charge in [0.25, 0.3) is 0 Å². The molecule has 0 radical (unpaired) electrons. The van der Waals surface area contributed by atoms with E-state index in [2.05, 4.69) is 9.97 Å². The summed E-state index contributed by atoms with van der Waals surface area (Å²) in [5.74, 6) is 2.16. The average Bonchev–Trinajstić information content (AvgIpc) is 2.95. The van der Waals surface area contributed by atoms with Gasteiger partial charge in [0.15, 0.2) is 11.5 Å². The summed E-state index contributed by atoms with van der Waals surface area (Å²) in [6.07, 6.45) is 2.46. The molecule has 10 heteroatoms. The highest BCUT2D eigenvalue weighted by Gasteiger charge is 2.13. The van der Waals surface area contributed by atoms with E-state index in [0.717, 1.165) is 28.8 Å². The average molecular weight is 511 g/mol. The molecule has 2 aromatic heterocycles. The Balaban J connectivity index is 0.000000336. The molecular weight excluding hydrogens is 484 g/mol. The molecule has 0 aliphatic rings. The number of nitrogens with two attached hydrogens (primary N) is 1. The Bertz CT molecular complexity index is 1400.